The van der Waals surface area contributed by atoms with Gasteiger partial charge in [0.1, 0.15) is 5.75 Å². The molecule has 0 aliphatic heterocycles. The molecule has 0 radical (unpaired) electrons. The van der Waals surface area contributed by atoms with Crippen molar-refractivity contribution >= 4 is 28.9 Å². The van der Waals surface area contributed by atoms with Crippen molar-refractivity contribution in [1.29, 1.82) is 0 Å². The highest BCUT2D eigenvalue weighted by Gasteiger charge is 2.10. The molecule has 0 saturated carbocycles. The van der Waals surface area contributed by atoms with E-state index in [-0.39, 0.29) is 16.8 Å². The molecular weight excluding hydrogens is 324 g/mol. The molecule has 0 atom stereocenters. The van der Waals surface area contributed by atoms with Crippen LogP contribution in [0, 0.1) is 0 Å². The zero-order valence-corrected chi connectivity index (χ0v) is 14.5. The summed E-state index contributed by atoms with van der Waals surface area (Å²) in [7, 11) is 0. The van der Waals surface area contributed by atoms with E-state index in [0.717, 1.165) is 24.5 Å². The number of nitrogens with one attached hydrogen (secondary N) is 2. The fourth-order valence-electron chi connectivity index (χ4n) is 2.09. The molecule has 128 valence electrons. The molecule has 0 fully saturated rings. The molecule has 0 aliphatic carbocycles. The molecule has 1 heterocycles. The van der Waals surface area contributed by atoms with E-state index in [1.54, 1.807) is 12.1 Å². The van der Waals surface area contributed by atoms with Crippen LogP contribution in [-0.4, -0.2) is 17.6 Å². The van der Waals surface area contributed by atoms with E-state index in [9.17, 15) is 4.79 Å². The summed E-state index contributed by atoms with van der Waals surface area (Å²) in [6.07, 6.45) is 6.16. The quantitative estimate of drug-likeness (QED) is 0.549. The molecule has 2 rings (SSSR count). The smallest absolute Gasteiger partial charge is 0.293 e. The number of anilines is 1. The molecule has 1 aromatic carbocycles. The number of ether oxygens (including phenoxy) is 1. The third-order valence-electron chi connectivity index (χ3n) is 3.35. The van der Waals surface area contributed by atoms with Gasteiger partial charge in [-0.25, -0.2) is 0 Å². The van der Waals surface area contributed by atoms with E-state index in [0.29, 0.717) is 0 Å². The van der Waals surface area contributed by atoms with Crippen LogP contribution in [0.3, 0.4) is 0 Å². The average molecular weight is 346 g/mol. The predicted molar refractivity (Wildman–Crippen MR) is 98.5 cm³/mol. The third kappa shape index (κ3) is 6.04. The maximum atomic E-state index is 11.8. The Balaban J connectivity index is 1.74. The van der Waals surface area contributed by atoms with Crippen molar-refractivity contribution in [2.45, 2.75) is 32.6 Å². The second-order valence-corrected chi connectivity index (χ2v) is 5.73. The van der Waals surface area contributed by atoms with Crippen LogP contribution in [0.1, 0.15) is 43.2 Å². The van der Waals surface area contributed by atoms with Gasteiger partial charge in [-0.15, -0.1) is 0 Å². The number of rotatable bonds is 8. The summed E-state index contributed by atoms with van der Waals surface area (Å²) < 4.78 is 10.7. The molecule has 2 N–H and O–H groups in total. The number of carbonyl (C=O) groups is 1. The van der Waals surface area contributed by atoms with Gasteiger partial charge in [0.15, 0.2) is 10.9 Å². The van der Waals surface area contributed by atoms with Gasteiger partial charge in [-0.3, -0.25) is 10.1 Å². The highest BCUT2D eigenvalue weighted by atomic mass is 32.1. The van der Waals surface area contributed by atoms with E-state index in [4.69, 9.17) is 21.4 Å². The number of unbranched alkanes of at least 4 members (excludes halogenated alkanes) is 3. The van der Waals surface area contributed by atoms with Gasteiger partial charge in [0.2, 0.25) is 0 Å². The first kappa shape index (κ1) is 18.0. The Kier molecular flexibility index (Phi) is 7.29. The molecule has 0 bridgehead atoms. The van der Waals surface area contributed by atoms with E-state index in [2.05, 4.69) is 17.6 Å². The first-order chi connectivity index (χ1) is 11.7. The van der Waals surface area contributed by atoms with Gasteiger partial charge in [0, 0.05) is 5.69 Å². The molecule has 24 heavy (non-hydrogen) atoms. The van der Waals surface area contributed by atoms with Gasteiger partial charge in [-0.2, -0.15) is 0 Å². The van der Waals surface area contributed by atoms with E-state index in [1.165, 1.54) is 25.5 Å². The fourth-order valence-corrected chi connectivity index (χ4v) is 2.30. The number of amides is 1. The highest BCUT2D eigenvalue weighted by Crippen LogP contribution is 2.16. The topological polar surface area (TPSA) is 63.5 Å². The Morgan fingerprint density at radius 3 is 2.62 bits per heavy atom. The second-order valence-electron chi connectivity index (χ2n) is 5.32. The Hall–Kier alpha value is -2.34. The molecule has 0 spiro atoms. The van der Waals surface area contributed by atoms with Crippen molar-refractivity contribution in [1.82, 2.24) is 5.32 Å². The normalized spacial score (nSPS) is 10.2. The van der Waals surface area contributed by atoms with Crippen molar-refractivity contribution in [2.24, 2.45) is 0 Å². The number of benzene rings is 1. The van der Waals surface area contributed by atoms with Crippen LogP contribution >= 0.6 is 12.2 Å². The van der Waals surface area contributed by atoms with Crippen LogP contribution in [0.2, 0.25) is 0 Å². The summed E-state index contributed by atoms with van der Waals surface area (Å²) in [6, 6.07) is 10.7. The first-order valence-corrected chi connectivity index (χ1v) is 8.48. The Labute approximate surface area is 147 Å². The molecular formula is C18H22N2O3S. The number of hydrogen-bond acceptors (Lipinski definition) is 4. The van der Waals surface area contributed by atoms with Crippen LogP contribution in [0.4, 0.5) is 5.69 Å². The van der Waals surface area contributed by atoms with Gasteiger partial charge >= 0.3 is 0 Å². The number of hydrogen-bond donors (Lipinski definition) is 2. The van der Waals surface area contributed by atoms with E-state index >= 15 is 0 Å². The van der Waals surface area contributed by atoms with Gasteiger partial charge in [0.05, 0.1) is 12.9 Å². The standard InChI is InChI=1S/C18H22N2O3S/c1-2-3-4-5-12-22-15-10-8-14(9-11-15)19-18(24)20-17(21)16-7-6-13-23-16/h6-11,13H,2-5,12H2,1H3,(H2,19,20,21,24). The monoisotopic (exact) mass is 346 g/mol. The van der Waals surface area contributed by atoms with Crippen molar-refractivity contribution in [2.75, 3.05) is 11.9 Å². The average Bonchev–Trinajstić information content (AvgIpc) is 3.11. The molecule has 1 aromatic heterocycles. The van der Waals surface area contributed by atoms with Crippen molar-refractivity contribution in [3.05, 3.63) is 48.4 Å². The number of furan rings is 1. The summed E-state index contributed by atoms with van der Waals surface area (Å²) in [5.41, 5.74) is 0.776. The SMILES string of the molecule is CCCCCCOc1ccc(NC(=S)NC(=O)c2ccco2)cc1. The van der Waals surface area contributed by atoms with Crippen molar-refractivity contribution in [3.8, 4) is 5.75 Å². The van der Waals surface area contributed by atoms with Gasteiger partial charge in [0.25, 0.3) is 5.91 Å². The van der Waals surface area contributed by atoms with Crippen molar-refractivity contribution < 1.29 is 13.9 Å². The Morgan fingerprint density at radius 1 is 1.17 bits per heavy atom. The van der Waals surface area contributed by atoms with Crippen molar-refractivity contribution in [3.63, 3.8) is 0 Å². The van der Waals surface area contributed by atoms with Crippen LogP contribution in [0.5, 0.6) is 5.75 Å². The number of carbonyl (C=O) groups excluding carboxylic acids is 1. The van der Waals surface area contributed by atoms with Crippen LogP contribution < -0.4 is 15.4 Å². The van der Waals surface area contributed by atoms with Gasteiger partial charge in [-0.05, 0) is 55.0 Å². The second kappa shape index (κ2) is 9.72. The molecule has 0 saturated heterocycles. The summed E-state index contributed by atoms with van der Waals surface area (Å²) in [5, 5.41) is 5.72. The molecule has 2 aromatic rings. The van der Waals surface area contributed by atoms with Gasteiger partial charge < -0.3 is 14.5 Å². The Morgan fingerprint density at radius 2 is 1.96 bits per heavy atom. The summed E-state index contributed by atoms with van der Waals surface area (Å²) in [6.45, 7) is 2.92. The fraction of sp³-hybridized carbons (Fsp3) is 0.333. The lowest BCUT2D eigenvalue weighted by Crippen LogP contribution is -2.33. The lowest BCUT2D eigenvalue weighted by molar-refractivity contribution is 0.0950. The minimum Gasteiger partial charge on any atom is -0.494 e. The predicted octanol–water partition coefficient (Wildman–Crippen LogP) is 4.37. The zero-order chi connectivity index (χ0) is 17.2. The summed E-state index contributed by atoms with van der Waals surface area (Å²) in [5.74, 6) is 0.651. The third-order valence-corrected chi connectivity index (χ3v) is 3.55. The maximum Gasteiger partial charge on any atom is 0.293 e. The molecule has 0 unspecified atom stereocenters. The minimum atomic E-state index is -0.385. The molecule has 5 nitrogen and oxygen atoms in total. The van der Waals surface area contributed by atoms with Crippen LogP contribution in [0.25, 0.3) is 0 Å². The largest absolute Gasteiger partial charge is 0.494 e. The number of thiocarbonyl (C=S) groups is 1. The van der Waals surface area contributed by atoms with Gasteiger partial charge in [-0.1, -0.05) is 26.2 Å². The first-order valence-electron chi connectivity index (χ1n) is 8.07. The lowest BCUT2D eigenvalue weighted by atomic mass is 10.2. The van der Waals surface area contributed by atoms with E-state index < -0.39 is 0 Å². The zero-order valence-electron chi connectivity index (χ0n) is 13.7. The molecule has 1 amide bonds. The summed E-state index contributed by atoms with van der Waals surface area (Å²) in [4.78, 5) is 11.8. The maximum absolute atomic E-state index is 11.8. The Bertz CT molecular complexity index is 639. The lowest BCUT2D eigenvalue weighted by Gasteiger charge is -2.10. The van der Waals surface area contributed by atoms with Crippen LogP contribution in [0.15, 0.2) is 47.1 Å². The summed E-state index contributed by atoms with van der Waals surface area (Å²) >= 11 is 5.11. The molecule has 6 heteroatoms. The minimum absolute atomic E-state index is 0.213. The van der Waals surface area contributed by atoms with Crippen LogP contribution in [-0.2, 0) is 0 Å². The molecule has 0 aliphatic rings. The van der Waals surface area contributed by atoms with E-state index in [1.807, 2.05) is 24.3 Å². The highest BCUT2D eigenvalue weighted by molar-refractivity contribution is 7.80.